The molecular weight excluding hydrogens is 214 g/mol. The summed E-state index contributed by atoms with van der Waals surface area (Å²) in [5.74, 6) is -3.39. The number of ether oxygens (including phenoxy) is 1. The molecule has 0 saturated heterocycles. The smallest absolute Gasteiger partial charge is 0.396 e. The van der Waals surface area contributed by atoms with Crippen LogP contribution in [0.5, 0.6) is 0 Å². The summed E-state index contributed by atoms with van der Waals surface area (Å²) in [4.78, 5) is 30.6. The second-order valence-electron chi connectivity index (χ2n) is 1.57. The largest absolute Gasteiger partial charge is 0.480 e. The maximum Gasteiger partial charge on any atom is 0.396 e. The van der Waals surface area contributed by atoms with E-state index in [1.54, 1.807) is 0 Å². The van der Waals surface area contributed by atoms with E-state index in [0.717, 1.165) is 7.11 Å². The molecule has 0 aromatic rings. The third-order valence-corrected chi connectivity index (χ3v) is 0.771. The normalized spacial score (nSPS) is 6.56. The van der Waals surface area contributed by atoms with Gasteiger partial charge in [0.15, 0.2) is 0 Å². The van der Waals surface area contributed by atoms with Crippen LogP contribution >= 0.6 is 0 Å². The number of amides is 1. The number of carboxylic acid groups (broad SMARTS) is 1. The van der Waals surface area contributed by atoms with Crippen molar-refractivity contribution in [2.24, 2.45) is 0 Å². The zero-order valence-corrected chi connectivity index (χ0v) is 9.79. The highest BCUT2D eigenvalue weighted by atomic mass is 16.5. The van der Waals surface area contributed by atoms with E-state index < -0.39 is 24.4 Å². The van der Waals surface area contributed by atoms with E-state index in [4.69, 9.17) is 5.11 Å². The maximum absolute atomic E-state index is 10.4. The Morgan fingerprint density at radius 3 is 1.75 bits per heavy atom. The molecule has 16 heavy (non-hydrogen) atoms. The molecule has 0 aliphatic heterocycles. The molecule has 0 heterocycles. The van der Waals surface area contributed by atoms with Crippen molar-refractivity contribution < 1.29 is 24.2 Å². The molecule has 2 N–H and O–H groups in total. The van der Waals surface area contributed by atoms with Gasteiger partial charge < -0.3 is 15.2 Å². The van der Waals surface area contributed by atoms with E-state index in [9.17, 15) is 14.4 Å². The molecule has 0 atom stereocenters. The van der Waals surface area contributed by atoms with Gasteiger partial charge in [-0.15, -0.1) is 0 Å². The summed E-state index contributed by atoms with van der Waals surface area (Å²) in [5, 5.41) is 9.87. The lowest BCUT2D eigenvalue weighted by Crippen LogP contribution is -2.35. The van der Waals surface area contributed by atoms with Gasteiger partial charge in [0.1, 0.15) is 6.54 Å². The second kappa shape index (κ2) is 19.1. The van der Waals surface area contributed by atoms with Gasteiger partial charge in [-0.1, -0.05) is 35.1 Å². The molecule has 6 heteroatoms. The van der Waals surface area contributed by atoms with E-state index in [1.165, 1.54) is 0 Å². The number of hydrogen-bond donors (Lipinski definition) is 2. The lowest BCUT2D eigenvalue weighted by Gasteiger charge is -1.97. The van der Waals surface area contributed by atoms with Gasteiger partial charge in [0.05, 0.1) is 7.11 Å². The number of carboxylic acids is 1. The summed E-state index contributed by atoms with van der Waals surface area (Å²) in [5.41, 5.74) is 0. The Kier molecular flexibility index (Phi) is 28.5. The molecule has 0 rings (SSSR count). The van der Waals surface area contributed by atoms with E-state index in [2.05, 4.69) is 4.74 Å². The van der Waals surface area contributed by atoms with Gasteiger partial charge in [0.2, 0.25) is 0 Å². The Morgan fingerprint density at radius 1 is 1.12 bits per heavy atom. The molecule has 6 nitrogen and oxygen atoms in total. The van der Waals surface area contributed by atoms with E-state index in [-0.39, 0.29) is 7.43 Å². The minimum absolute atomic E-state index is 0. The molecule has 0 bridgehead atoms. The van der Waals surface area contributed by atoms with Crippen LogP contribution in [0.15, 0.2) is 0 Å². The zero-order valence-electron chi connectivity index (χ0n) is 9.79. The third-order valence-electron chi connectivity index (χ3n) is 0.771. The minimum atomic E-state index is -1.22. The minimum Gasteiger partial charge on any atom is -0.480 e. The number of carbonyl (C=O) groups is 3. The van der Waals surface area contributed by atoms with Crippen molar-refractivity contribution in [2.75, 3.05) is 13.7 Å². The summed E-state index contributed by atoms with van der Waals surface area (Å²) in [7, 11) is 1.03. The van der Waals surface area contributed by atoms with Crippen molar-refractivity contribution in [3.8, 4) is 0 Å². The molecule has 1 amide bonds. The summed E-state index contributed by atoms with van der Waals surface area (Å²) in [6, 6.07) is 0. The van der Waals surface area contributed by atoms with Crippen LogP contribution < -0.4 is 5.32 Å². The molecular formula is C10H23NO5. The lowest BCUT2D eigenvalue weighted by atomic mass is 10.5. The number of esters is 1. The van der Waals surface area contributed by atoms with Crippen molar-refractivity contribution >= 4 is 17.8 Å². The average molecular weight is 237 g/mol. The third kappa shape index (κ3) is 18.2. The zero-order chi connectivity index (χ0) is 12.9. The van der Waals surface area contributed by atoms with Gasteiger partial charge >= 0.3 is 17.8 Å². The monoisotopic (exact) mass is 237 g/mol. The van der Waals surface area contributed by atoms with E-state index >= 15 is 0 Å². The van der Waals surface area contributed by atoms with Crippen LogP contribution in [-0.2, 0) is 19.1 Å². The van der Waals surface area contributed by atoms with Gasteiger partial charge in [-0.2, -0.15) is 0 Å². The number of carbonyl (C=O) groups excluding carboxylic acids is 2. The predicted molar refractivity (Wildman–Crippen MR) is 62.1 cm³/mol. The van der Waals surface area contributed by atoms with Gasteiger partial charge in [-0.3, -0.25) is 9.59 Å². The fourth-order valence-corrected chi connectivity index (χ4v) is 0.321. The average Bonchev–Trinajstić information content (AvgIpc) is 2.30. The van der Waals surface area contributed by atoms with Crippen LogP contribution in [0.4, 0.5) is 0 Å². The molecule has 0 radical (unpaired) electrons. The first kappa shape index (κ1) is 23.9. The van der Waals surface area contributed by atoms with E-state index in [0.29, 0.717) is 0 Å². The SMILES string of the molecule is C.CC.CC.COC(=O)C(=O)NCC(=O)O. The highest BCUT2D eigenvalue weighted by Gasteiger charge is 2.13. The summed E-state index contributed by atoms with van der Waals surface area (Å²) < 4.78 is 4.00. The van der Waals surface area contributed by atoms with Crippen LogP contribution in [0.2, 0.25) is 0 Å². The molecule has 98 valence electrons. The standard InChI is InChI=1S/C5H7NO5.2C2H6.CH4/c1-11-5(10)4(9)6-2-3(7)8;2*1-2;/h2H2,1H3,(H,6,9)(H,7,8);2*1-2H3;1H4. The Balaban J connectivity index is -0.000000129. The van der Waals surface area contributed by atoms with E-state index in [1.807, 2.05) is 33.0 Å². The molecule has 0 aliphatic rings. The van der Waals surface area contributed by atoms with Gasteiger partial charge in [-0.25, -0.2) is 4.79 Å². The summed E-state index contributed by atoms with van der Waals surface area (Å²) >= 11 is 0. The summed E-state index contributed by atoms with van der Waals surface area (Å²) in [6.07, 6.45) is 0. The van der Waals surface area contributed by atoms with Crippen LogP contribution in [-0.4, -0.2) is 36.6 Å². The Morgan fingerprint density at radius 2 is 1.50 bits per heavy atom. The maximum atomic E-state index is 10.4. The Labute approximate surface area is 97.0 Å². The summed E-state index contributed by atoms with van der Waals surface area (Å²) in [6.45, 7) is 7.41. The lowest BCUT2D eigenvalue weighted by molar-refractivity contribution is -0.153. The highest BCUT2D eigenvalue weighted by Crippen LogP contribution is 1.72. The first-order valence-electron chi connectivity index (χ1n) is 4.66. The van der Waals surface area contributed by atoms with Gasteiger partial charge in [0.25, 0.3) is 0 Å². The first-order valence-corrected chi connectivity index (χ1v) is 4.66. The predicted octanol–water partition coefficient (Wildman–Crippen LogP) is 1.05. The second-order valence-corrected chi connectivity index (χ2v) is 1.57. The number of rotatable bonds is 2. The first-order chi connectivity index (χ1) is 7.07. The van der Waals surface area contributed by atoms with Gasteiger partial charge in [-0.05, 0) is 0 Å². The van der Waals surface area contributed by atoms with Crippen LogP contribution in [0.25, 0.3) is 0 Å². The molecule has 0 fully saturated rings. The van der Waals surface area contributed by atoms with Crippen LogP contribution in [0.1, 0.15) is 35.1 Å². The number of methoxy groups -OCH3 is 1. The molecule has 0 aromatic heterocycles. The number of nitrogens with one attached hydrogen (secondary N) is 1. The Bertz CT molecular complexity index is 192. The fourth-order valence-electron chi connectivity index (χ4n) is 0.321. The number of hydrogen-bond acceptors (Lipinski definition) is 4. The van der Waals surface area contributed by atoms with Crippen molar-refractivity contribution in [3.63, 3.8) is 0 Å². The highest BCUT2D eigenvalue weighted by molar-refractivity contribution is 6.32. The van der Waals surface area contributed by atoms with Crippen molar-refractivity contribution in [3.05, 3.63) is 0 Å². The molecule has 0 aromatic carbocycles. The molecule has 0 aliphatic carbocycles. The molecule has 0 unspecified atom stereocenters. The fraction of sp³-hybridized carbons (Fsp3) is 0.700. The Hall–Kier alpha value is -1.59. The topological polar surface area (TPSA) is 92.7 Å². The number of aliphatic carboxylic acids is 1. The van der Waals surface area contributed by atoms with Crippen molar-refractivity contribution in [1.82, 2.24) is 5.32 Å². The van der Waals surface area contributed by atoms with Crippen molar-refractivity contribution in [2.45, 2.75) is 35.1 Å². The van der Waals surface area contributed by atoms with Gasteiger partial charge in [0, 0.05) is 0 Å². The molecule has 0 spiro atoms. The molecule has 0 saturated carbocycles. The van der Waals surface area contributed by atoms with Crippen LogP contribution in [0.3, 0.4) is 0 Å². The van der Waals surface area contributed by atoms with Crippen LogP contribution in [0, 0.1) is 0 Å². The van der Waals surface area contributed by atoms with Crippen molar-refractivity contribution in [1.29, 1.82) is 0 Å². The quantitative estimate of drug-likeness (QED) is 0.553.